The Morgan fingerprint density at radius 2 is 1.79 bits per heavy atom. The molecule has 2 aliphatic heterocycles. The zero-order valence-electron chi connectivity index (χ0n) is 18.5. The zero-order valence-corrected chi connectivity index (χ0v) is 18.5. The number of fused-ring (bicyclic) bond motifs is 2. The van der Waals surface area contributed by atoms with Crippen LogP contribution in [0.1, 0.15) is 32.1 Å². The van der Waals surface area contributed by atoms with Crippen LogP contribution in [0.3, 0.4) is 0 Å². The van der Waals surface area contributed by atoms with E-state index in [0.29, 0.717) is 17.0 Å². The van der Waals surface area contributed by atoms with E-state index in [0.717, 1.165) is 35.6 Å². The average molecular weight is 446 g/mol. The molecule has 0 radical (unpaired) electrons. The molecule has 0 unspecified atom stereocenters. The topological polar surface area (TPSA) is 107 Å². The van der Waals surface area contributed by atoms with Crippen molar-refractivity contribution in [1.29, 1.82) is 0 Å². The highest BCUT2D eigenvalue weighted by Gasteiger charge is 2.26. The number of nitrogens with zero attached hydrogens (tertiary/aromatic N) is 5. The van der Waals surface area contributed by atoms with Gasteiger partial charge >= 0.3 is 0 Å². The summed E-state index contributed by atoms with van der Waals surface area (Å²) in [4.78, 5) is 23.9. The van der Waals surface area contributed by atoms with Gasteiger partial charge in [-0.1, -0.05) is 6.42 Å². The van der Waals surface area contributed by atoms with Crippen molar-refractivity contribution in [3.8, 4) is 11.5 Å². The Hall–Kier alpha value is -3.46. The molecule has 2 aromatic heterocycles. The molecule has 4 aromatic rings. The number of anilines is 1. The van der Waals surface area contributed by atoms with Crippen LogP contribution in [0.15, 0.2) is 36.4 Å². The lowest BCUT2D eigenvalue weighted by atomic mass is 9.99. The highest BCUT2D eigenvalue weighted by Crippen LogP contribution is 2.31. The minimum Gasteiger partial charge on any atom is -0.371 e. The van der Waals surface area contributed by atoms with Gasteiger partial charge in [0, 0.05) is 42.3 Å². The molecule has 0 atom stereocenters. The van der Waals surface area contributed by atoms with Crippen LogP contribution in [0.25, 0.3) is 33.5 Å². The van der Waals surface area contributed by atoms with Crippen LogP contribution in [0, 0.1) is 10.1 Å². The number of hydrogen-bond acceptors (Lipinski definition) is 6. The highest BCUT2D eigenvalue weighted by molar-refractivity contribution is 5.94. The summed E-state index contributed by atoms with van der Waals surface area (Å²) in [5.41, 5.74) is 4.40. The van der Waals surface area contributed by atoms with Gasteiger partial charge in [-0.25, -0.2) is 4.98 Å². The Morgan fingerprint density at radius 3 is 2.58 bits per heavy atom. The van der Waals surface area contributed by atoms with Crippen LogP contribution >= 0.6 is 0 Å². The number of imidazole rings is 1. The number of likely N-dealkylation sites (tertiary alicyclic amines) is 1. The van der Waals surface area contributed by atoms with Crippen molar-refractivity contribution in [2.45, 2.75) is 38.1 Å². The van der Waals surface area contributed by atoms with E-state index < -0.39 is 4.92 Å². The molecule has 0 aliphatic carbocycles. The fraction of sp³-hybridized carbons (Fsp3) is 0.417. The third-order valence-electron chi connectivity index (χ3n) is 7.18. The molecule has 2 aromatic carbocycles. The minimum absolute atomic E-state index is 0.0380. The third kappa shape index (κ3) is 3.72. The van der Waals surface area contributed by atoms with Crippen molar-refractivity contribution in [2.75, 3.05) is 31.1 Å². The van der Waals surface area contributed by atoms with Gasteiger partial charge in [0.05, 0.1) is 21.5 Å². The maximum Gasteiger partial charge on any atom is 0.271 e. The largest absolute Gasteiger partial charge is 0.371 e. The Balaban J connectivity index is 1.22. The molecule has 4 heterocycles. The van der Waals surface area contributed by atoms with Gasteiger partial charge in [-0.15, -0.1) is 0 Å². The third-order valence-corrected chi connectivity index (χ3v) is 7.18. The summed E-state index contributed by atoms with van der Waals surface area (Å²) >= 11 is 0. The fourth-order valence-electron chi connectivity index (χ4n) is 5.38. The summed E-state index contributed by atoms with van der Waals surface area (Å²) in [5.74, 6) is 0.658. The first-order valence-electron chi connectivity index (χ1n) is 11.8. The number of aromatic amines is 2. The lowest BCUT2D eigenvalue weighted by Gasteiger charge is -2.41. The molecule has 33 heavy (non-hydrogen) atoms. The maximum absolute atomic E-state index is 11.0. The van der Waals surface area contributed by atoms with Crippen molar-refractivity contribution < 1.29 is 4.92 Å². The number of aromatic nitrogens is 4. The molecule has 0 saturated carbocycles. The van der Waals surface area contributed by atoms with Crippen LogP contribution in [0.5, 0.6) is 0 Å². The molecule has 9 nitrogen and oxygen atoms in total. The Labute approximate surface area is 190 Å². The Bertz CT molecular complexity index is 1310. The lowest BCUT2D eigenvalue weighted by Crippen LogP contribution is -2.46. The van der Waals surface area contributed by atoms with E-state index in [-0.39, 0.29) is 5.69 Å². The van der Waals surface area contributed by atoms with E-state index in [2.05, 4.69) is 43.2 Å². The van der Waals surface area contributed by atoms with Crippen LogP contribution in [-0.2, 0) is 0 Å². The predicted octanol–water partition coefficient (Wildman–Crippen LogP) is 4.47. The van der Waals surface area contributed by atoms with E-state index in [1.807, 2.05) is 0 Å². The minimum atomic E-state index is -0.405. The van der Waals surface area contributed by atoms with Gasteiger partial charge in [0.15, 0.2) is 5.82 Å². The second-order valence-electron chi connectivity index (χ2n) is 9.16. The van der Waals surface area contributed by atoms with Crippen molar-refractivity contribution in [3.05, 3.63) is 46.5 Å². The lowest BCUT2D eigenvalue weighted by molar-refractivity contribution is -0.384. The van der Waals surface area contributed by atoms with Crippen molar-refractivity contribution in [3.63, 3.8) is 0 Å². The standard InChI is InChI=1S/C24H27N7O2/c32-31(33)18-4-6-19-21(15-18)27-28-23(19)24-25-20-7-5-17(14-22(20)26-24)30-12-8-16(9-13-30)29-10-2-1-3-11-29/h4-7,14-16H,1-3,8-13H2,(H,25,26)(H,27,28). The molecular formula is C24H27N7O2. The van der Waals surface area contributed by atoms with Crippen molar-refractivity contribution in [1.82, 2.24) is 25.1 Å². The van der Waals surface area contributed by atoms with E-state index in [1.165, 1.54) is 63.0 Å². The molecule has 0 amide bonds. The van der Waals surface area contributed by atoms with Gasteiger partial charge < -0.3 is 14.8 Å². The van der Waals surface area contributed by atoms with E-state index >= 15 is 0 Å². The summed E-state index contributed by atoms with van der Waals surface area (Å²) in [6.07, 6.45) is 6.52. The monoisotopic (exact) mass is 445 g/mol. The van der Waals surface area contributed by atoms with E-state index in [9.17, 15) is 10.1 Å². The van der Waals surface area contributed by atoms with E-state index in [1.54, 1.807) is 6.07 Å². The second-order valence-corrected chi connectivity index (χ2v) is 9.16. The molecule has 6 rings (SSSR count). The predicted molar refractivity (Wildman–Crippen MR) is 128 cm³/mol. The van der Waals surface area contributed by atoms with Crippen molar-refractivity contribution >= 4 is 33.3 Å². The summed E-state index contributed by atoms with van der Waals surface area (Å²) < 4.78 is 0. The number of hydrogen-bond donors (Lipinski definition) is 2. The maximum atomic E-state index is 11.0. The van der Waals surface area contributed by atoms with E-state index in [4.69, 9.17) is 4.98 Å². The first kappa shape index (κ1) is 20.2. The van der Waals surface area contributed by atoms with Gasteiger partial charge in [0.2, 0.25) is 0 Å². The van der Waals surface area contributed by atoms with Crippen molar-refractivity contribution in [2.24, 2.45) is 0 Å². The first-order chi connectivity index (χ1) is 16.2. The van der Waals surface area contributed by atoms with Gasteiger partial charge in [-0.2, -0.15) is 5.10 Å². The van der Waals surface area contributed by atoms with Crippen LogP contribution < -0.4 is 4.90 Å². The molecule has 2 fully saturated rings. The number of nitro benzene ring substituents is 1. The smallest absolute Gasteiger partial charge is 0.271 e. The number of non-ortho nitro benzene ring substituents is 1. The van der Waals surface area contributed by atoms with Gasteiger partial charge in [0.1, 0.15) is 5.69 Å². The molecule has 170 valence electrons. The summed E-state index contributed by atoms with van der Waals surface area (Å²) in [6, 6.07) is 11.8. The summed E-state index contributed by atoms with van der Waals surface area (Å²) in [6.45, 7) is 4.69. The van der Waals surface area contributed by atoms with Gasteiger partial charge in [0.25, 0.3) is 5.69 Å². The SMILES string of the molecule is O=[N+]([O-])c1ccc2c(-c3nc4ccc(N5CCC(N6CCCCC6)CC5)cc4[nH]3)n[nH]c2c1. The number of piperidine rings is 2. The number of nitro groups is 1. The van der Waals surface area contributed by atoms with Crippen LogP contribution in [0.4, 0.5) is 11.4 Å². The highest BCUT2D eigenvalue weighted by atomic mass is 16.6. The number of rotatable bonds is 4. The van der Waals surface area contributed by atoms with Gasteiger partial charge in [-0.05, 0) is 63.0 Å². The quantitative estimate of drug-likeness (QED) is 0.355. The Kier molecular flexibility index (Phi) is 4.98. The normalized spacial score (nSPS) is 18.4. The molecule has 0 bridgehead atoms. The Morgan fingerprint density at radius 1 is 0.970 bits per heavy atom. The summed E-state index contributed by atoms with van der Waals surface area (Å²) in [5, 5.41) is 19.1. The summed E-state index contributed by atoms with van der Waals surface area (Å²) in [7, 11) is 0. The fourth-order valence-corrected chi connectivity index (χ4v) is 5.38. The molecule has 9 heteroatoms. The number of benzene rings is 2. The molecule has 2 aliphatic rings. The molecule has 2 N–H and O–H groups in total. The average Bonchev–Trinajstić information content (AvgIpc) is 3.47. The zero-order chi connectivity index (χ0) is 22.4. The molecular weight excluding hydrogens is 418 g/mol. The van der Waals surface area contributed by atoms with Crippen LogP contribution in [-0.4, -0.2) is 62.2 Å². The van der Waals surface area contributed by atoms with Gasteiger partial charge in [-0.3, -0.25) is 15.2 Å². The first-order valence-corrected chi connectivity index (χ1v) is 11.8. The number of H-pyrrole nitrogens is 2. The van der Waals surface area contributed by atoms with Crippen LogP contribution in [0.2, 0.25) is 0 Å². The molecule has 2 saturated heterocycles. The molecule has 0 spiro atoms. The number of nitrogens with one attached hydrogen (secondary N) is 2. The second kappa shape index (κ2) is 8.15.